The summed E-state index contributed by atoms with van der Waals surface area (Å²) >= 11 is 1.52. The highest BCUT2D eigenvalue weighted by atomic mass is 32.1. The van der Waals surface area contributed by atoms with Crippen molar-refractivity contribution in [1.82, 2.24) is 9.88 Å². The summed E-state index contributed by atoms with van der Waals surface area (Å²) < 4.78 is 0. The number of amides is 1. The molecule has 6 heteroatoms. The number of hydrogen-bond acceptors (Lipinski definition) is 5. The van der Waals surface area contributed by atoms with E-state index < -0.39 is 0 Å². The molecule has 144 valence electrons. The largest absolute Gasteiger partial charge is 0.397 e. The van der Waals surface area contributed by atoms with Gasteiger partial charge >= 0.3 is 0 Å². The van der Waals surface area contributed by atoms with Gasteiger partial charge in [0.25, 0.3) is 5.91 Å². The molecule has 0 radical (unpaired) electrons. The van der Waals surface area contributed by atoms with Gasteiger partial charge in [0, 0.05) is 31.6 Å². The van der Waals surface area contributed by atoms with Crippen molar-refractivity contribution < 1.29 is 4.79 Å². The van der Waals surface area contributed by atoms with Gasteiger partial charge in [0.05, 0.1) is 5.69 Å². The van der Waals surface area contributed by atoms with Crippen LogP contribution in [-0.2, 0) is 12.8 Å². The van der Waals surface area contributed by atoms with Crippen molar-refractivity contribution in [1.29, 1.82) is 0 Å². The van der Waals surface area contributed by atoms with Gasteiger partial charge in [-0.2, -0.15) is 0 Å². The lowest BCUT2D eigenvalue weighted by molar-refractivity contribution is 0.0730. The smallest absolute Gasteiger partial charge is 0.266 e. The second kappa shape index (κ2) is 6.97. The minimum Gasteiger partial charge on any atom is -0.397 e. The number of nitrogens with zero attached hydrogens (tertiary/aromatic N) is 3. The van der Waals surface area contributed by atoms with E-state index in [0.717, 1.165) is 62.1 Å². The highest BCUT2D eigenvalue weighted by Crippen LogP contribution is 2.43. The molecule has 2 N–H and O–H groups in total. The predicted octanol–water partition coefficient (Wildman–Crippen LogP) is 3.98. The molecule has 27 heavy (non-hydrogen) atoms. The quantitative estimate of drug-likeness (QED) is 0.851. The van der Waals surface area contributed by atoms with Crippen molar-refractivity contribution in [3.8, 4) is 0 Å². The SMILES string of the molecule is Nc1c(C(=O)N2CCCCC2)sc2nc(N3CCCC3)c3c(c12)CCCC3. The second-order valence-corrected chi connectivity index (χ2v) is 9.17. The number of thiophene rings is 1. The van der Waals surface area contributed by atoms with E-state index in [1.165, 1.54) is 60.4 Å². The van der Waals surface area contributed by atoms with E-state index >= 15 is 0 Å². The van der Waals surface area contributed by atoms with Crippen LogP contribution in [0.25, 0.3) is 10.2 Å². The summed E-state index contributed by atoms with van der Waals surface area (Å²) in [5, 5.41) is 1.08. The highest BCUT2D eigenvalue weighted by Gasteiger charge is 2.29. The number of pyridine rings is 1. The second-order valence-electron chi connectivity index (χ2n) is 8.17. The van der Waals surface area contributed by atoms with Gasteiger partial charge in [-0.15, -0.1) is 11.3 Å². The molecule has 3 aliphatic rings. The Morgan fingerprint density at radius 3 is 2.30 bits per heavy atom. The van der Waals surface area contributed by atoms with Crippen molar-refractivity contribution in [2.45, 2.75) is 57.8 Å². The van der Waals surface area contributed by atoms with Crippen LogP contribution in [0.4, 0.5) is 11.5 Å². The summed E-state index contributed by atoms with van der Waals surface area (Å²) in [5.41, 5.74) is 10.0. The molecule has 5 rings (SSSR count). The summed E-state index contributed by atoms with van der Waals surface area (Å²) in [7, 11) is 0. The van der Waals surface area contributed by atoms with E-state index in [-0.39, 0.29) is 5.91 Å². The Morgan fingerprint density at radius 1 is 0.889 bits per heavy atom. The lowest BCUT2D eigenvalue weighted by Crippen LogP contribution is -2.35. The zero-order chi connectivity index (χ0) is 18.4. The van der Waals surface area contributed by atoms with Crippen LogP contribution >= 0.6 is 11.3 Å². The molecule has 0 unspecified atom stereocenters. The van der Waals surface area contributed by atoms with Gasteiger partial charge in [0.1, 0.15) is 15.5 Å². The normalized spacial score (nSPS) is 20.3. The zero-order valence-electron chi connectivity index (χ0n) is 15.9. The Labute approximate surface area is 164 Å². The molecule has 2 saturated heterocycles. The maximum Gasteiger partial charge on any atom is 0.266 e. The van der Waals surface area contributed by atoms with Gasteiger partial charge in [0.2, 0.25) is 0 Å². The molecular weight excluding hydrogens is 356 g/mol. The number of nitrogen functional groups attached to an aromatic ring is 1. The van der Waals surface area contributed by atoms with E-state index in [2.05, 4.69) is 4.90 Å². The van der Waals surface area contributed by atoms with Gasteiger partial charge in [-0.25, -0.2) is 4.98 Å². The molecule has 0 bridgehead atoms. The molecule has 0 spiro atoms. The Morgan fingerprint density at radius 2 is 1.56 bits per heavy atom. The molecule has 2 aliphatic heterocycles. The van der Waals surface area contributed by atoms with Gasteiger partial charge in [-0.3, -0.25) is 4.79 Å². The average Bonchev–Trinajstić information content (AvgIpc) is 3.36. The van der Waals surface area contributed by atoms with Crippen LogP contribution in [0.3, 0.4) is 0 Å². The Bertz CT molecular complexity index is 878. The Balaban J connectivity index is 1.63. The third-order valence-corrected chi connectivity index (χ3v) is 7.50. The van der Waals surface area contributed by atoms with Crippen molar-refractivity contribution in [2.75, 3.05) is 36.8 Å². The number of rotatable bonds is 2. The summed E-state index contributed by atoms with van der Waals surface area (Å²) in [6.07, 6.45) is 10.5. The minimum absolute atomic E-state index is 0.113. The van der Waals surface area contributed by atoms with Crippen LogP contribution in [0, 0.1) is 0 Å². The first-order valence-electron chi connectivity index (χ1n) is 10.5. The maximum atomic E-state index is 13.1. The first kappa shape index (κ1) is 17.3. The number of anilines is 2. The summed E-state index contributed by atoms with van der Waals surface area (Å²) in [6.45, 7) is 3.92. The monoisotopic (exact) mass is 384 g/mol. The number of piperidine rings is 1. The first-order valence-corrected chi connectivity index (χ1v) is 11.3. The van der Waals surface area contributed by atoms with Crippen LogP contribution < -0.4 is 10.6 Å². The summed E-state index contributed by atoms with van der Waals surface area (Å²) in [6, 6.07) is 0. The van der Waals surface area contributed by atoms with Crippen LogP contribution in [0.1, 0.15) is 65.7 Å². The van der Waals surface area contributed by atoms with Crippen molar-refractivity contribution in [2.24, 2.45) is 0 Å². The van der Waals surface area contributed by atoms with Crippen LogP contribution in [-0.4, -0.2) is 42.0 Å². The van der Waals surface area contributed by atoms with Crippen LogP contribution in [0.15, 0.2) is 0 Å². The van der Waals surface area contributed by atoms with Crippen molar-refractivity contribution in [3.63, 3.8) is 0 Å². The number of hydrogen-bond donors (Lipinski definition) is 1. The number of nitrogens with two attached hydrogens (primary N) is 1. The first-order chi connectivity index (χ1) is 13.2. The molecule has 2 aromatic heterocycles. The van der Waals surface area contributed by atoms with E-state index in [0.29, 0.717) is 10.6 Å². The Kier molecular flexibility index (Phi) is 4.46. The number of aryl methyl sites for hydroxylation is 1. The minimum atomic E-state index is 0.113. The maximum absolute atomic E-state index is 13.1. The third kappa shape index (κ3) is 2.89. The fourth-order valence-electron chi connectivity index (χ4n) is 4.98. The van der Waals surface area contributed by atoms with Gasteiger partial charge in [-0.1, -0.05) is 0 Å². The molecule has 2 aromatic rings. The third-order valence-electron chi connectivity index (χ3n) is 6.42. The predicted molar refractivity (Wildman–Crippen MR) is 112 cm³/mol. The van der Waals surface area contributed by atoms with Gasteiger partial charge in [-0.05, 0) is 68.9 Å². The molecule has 4 heterocycles. The molecule has 1 aliphatic carbocycles. The van der Waals surface area contributed by atoms with Crippen molar-refractivity contribution in [3.05, 3.63) is 16.0 Å². The zero-order valence-corrected chi connectivity index (χ0v) is 16.7. The molecule has 0 aromatic carbocycles. The molecule has 5 nitrogen and oxygen atoms in total. The van der Waals surface area contributed by atoms with E-state index in [9.17, 15) is 4.79 Å². The molecule has 0 saturated carbocycles. The molecule has 0 atom stereocenters. The van der Waals surface area contributed by atoms with E-state index in [4.69, 9.17) is 10.7 Å². The topological polar surface area (TPSA) is 62.5 Å². The number of fused-ring (bicyclic) bond motifs is 3. The lowest BCUT2D eigenvalue weighted by Gasteiger charge is -2.26. The fraction of sp³-hybridized carbons (Fsp3) is 0.619. The van der Waals surface area contributed by atoms with Crippen LogP contribution in [0.2, 0.25) is 0 Å². The summed E-state index contributed by atoms with van der Waals surface area (Å²) in [4.78, 5) is 24.3. The van der Waals surface area contributed by atoms with Crippen molar-refractivity contribution >= 4 is 39.0 Å². The molecule has 1 amide bonds. The Hall–Kier alpha value is -1.82. The number of likely N-dealkylation sites (tertiary alicyclic amines) is 1. The molecular formula is C21H28N4OS. The van der Waals surface area contributed by atoms with Crippen LogP contribution in [0.5, 0.6) is 0 Å². The van der Waals surface area contributed by atoms with E-state index in [1.54, 1.807) is 0 Å². The lowest BCUT2D eigenvalue weighted by atomic mass is 9.89. The molecule has 2 fully saturated rings. The van der Waals surface area contributed by atoms with E-state index in [1.807, 2.05) is 4.90 Å². The summed E-state index contributed by atoms with van der Waals surface area (Å²) in [5.74, 6) is 1.29. The average molecular weight is 385 g/mol. The van der Waals surface area contributed by atoms with Gasteiger partial charge in [0.15, 0.2) is 0 Å². The number of carbonyl (C=O) groups is 1. The standard InChI is InChI=1S/C21H28N4OS/c22-17-16-14-8-2-3-9-15(14)19(24-10-6-7-11-24)23-20(16)27-18(17)21(26)25-12-4-1-5-13-25/h1-13,22H2. The number of carbonyl (C=O) groups excluding carboxylic acids is 1. The number of aromatic nitrogens is 1. The van der Waals surface area contributed by atoms with Gasteiger partial charge < -0.3 is 15.5 Å². The fourth-order valence-corrected chi connectivity index (χ4v) is 6.07. The highest BCUT2D eigenvalue weighted by molar-refractivity contribution is 7.21.